The molecule has 146 valence electrons. The van der Waals surface area contributed by atoms with Crippen LogP contribution in [0.2, 0.25) is 0 Å². The third-order valence-corrected chi connectivity index (χ3v) is 4.44. The topological polar surface area (TPSA) is 110 Å². The number of nitrogens with two attached hydrogens (primary N) is 1. The fourth-order valence-corrected chi connectivity index (χ4v) is 3.16. The Balaban J connectivity index is 1.71. The highest BCUT2D eigenvalue weighted by molar-refractivity contribution is 6.03. The average Bonchev–Trinajstić information content (AvgIpc) is 2.97. The summed E-state index contributed by atoms with van der Waals surface area (Å²) in [6.45, 7) is -0.0626. The van der Waals surface area contributed by atoms with Crippen molar-refractivity contribution in [3.8, 4) is 5.75 Å². The second kappa shape index (κ2) is 7.63. The maximum Gasteiger partial charge on any atom is 0.327 e. The number of hydrogen-bond acceptors (Lipinski definition) is 4. The van der Waals surface area contributed by atoms with E-state index in [1.165, 1.54) is 0 Å². The van der Waals surface area contributed by atoms with Crippen LogP contribution in [0.15, 0.2) is 42.5 Å². The van der Waals surface area contributed by atoms with Gasteiger partial charge in [-0.3, -0.25) is 4.79 Å². The van der Waals surface area contributed by atoms with Gasteiger partial charge in [0.15, 0.2) is 0 Å². The molecule has 1 saturated heterocycles. The van der Waals surface area contributed by atoms with Crippen molar-refractivity contribution in [2.75, 3.05) is 0 Å². The molecule has 0 unspecified atom stereocenters. The molecule has 1 fully saturated rings. The molecule has 3 rings (SSSR count). The van der Waals surface area contributed by atoms with Gasteiger partial charge in [-0.25, -0.2) is 23.3 Å². The molecular formula is C19H16F2N2O5. The van der Waals surface area contributed by atoms with E-state index in [2.05, 4.69) is 0 Å². The minimum atomic E-state index is -1.31. The molecule has 0 aliphatic carbocycles. The van der Waals surface area contributed by atoms with Crippen molar-refractivity contribution < 1.29 is 33.0 Å². The number of urea groups is 1. The maximum atomic E-state index is 13.2. The molecule has 9 heteroatoms. The number of rotatable bonds is 5. The molecule has 0 aromatic heterocycles. The van der Waals surface area contributed by atoms with Gasteiger partial charge in [0, 0.05) is 6.07 Å². The van der Waals surface area contributed by atoms with Crippen molar-refractivity contribution >= 4 is 17.9 Å². The van der Waals surface area contributed by atoms with E-state index in [0.717, 1.165) is 18.2 Å². The molecule has 3 amide bonds. The lowest BCUT2D eigenvalue weighted by molar-refractivity contribution is -0.144. The highest BCUT2D eigenvalue weighted by Crippen LogP contribution is 2.34. The van der Waals surface area contributed by atoms with Crippen LogP contribution in [0.5, 0.6) is 5.75 Å². The highest BCUT2D eigenvalue weighted by atomic mass is 19.1. The first-order chi connectivity index (χ1) is 13.3. The van der Waals surface area contributed by atoms with Crippen molar-refractivity contribution in [3.05, 3.63) is 65.2 Å². The molecule has 2 atom stereocenters. The van der Waals surface area contributed by atoms with Crippen LogP contribution in [-0.4, -0.2) is 34.0 Å². The second-order valence-electron chi connectivity index (χ2n) is 6.32. The number of carboxylic acid groups (broad SMARTS) is 1. The number of halogens is 2. The van der Waals surface area contributed by atoms with Gasteiger partial charge in [0.05, 0.1) is 5.92 Å². The fraction of sp³-hybridized carbons (Fsp3) is 0.211. The number of carbonyl (C=O) groups is 3. The van der Waals surface area contributed by atoms with Crippen molar-refractivity contribution in [2.45, 2.75) is 25.0 Å². The number of primary amides is 1. The lowest BCUT2D eigenvalue weighted by Gasteiger charge is -2.16. The number of nitrogens with zero attached hydrogens (tertiary/aromatic N) is 1. The van der Waals surface area contributed by atoms with Crippen molar-refractivity contribution in [2.24, 2.45) is 5.73 Å². The zero-order valence-electron chi connectivity index (χ0n) is 14.5. The largest absolute Gasteiger partial charge is 0.489 e. The zero-order valence-corrected chi connectivity index (χ0v) is 14.5. The third-order valence-electron chi connectivity index (χ3n) is 4.44. The number of carboxylic acids is 1. The molecule has 2 aromatic carbocycles. The van der Waals surface area contributed by atoms with Gasteiger partial charge >= 0.3 is 12.0 Å². The monoisotopic (exact) mass is 390 g/mol. The minimum absolute atomic E-state index is 0.0626. The van der Waals surface area contributed by atoms with Crippen molar-refractivity contribution in [1.82, 2.24) is 4.90 Å². The molecular weight excluding hydrogens is 374 g/mol. The van der Waals surface area contributed by atoms with E-state index in [1.54, 1.807) is 24.3 Å². The Morgan fingerprint density at radius 3 is 2.25 bits per heavy atom. The smallest absolute Gasteiger partial charge is 0.327 e. The van der Waals surface area contributed by atoms with Crippen LogP contribution >= 0.6 is 0 Å². The molecule has 7 nitrogen and oxygen atoms in total. The SMILES string of the molecule is NC(=O)N1C(=O)[C@H](c2ccc(OCc3cc(F)cc(F)c3)cc2)C[C@@H]1C(=O)O. The maximum absolute atomic E-state index is 13.2. The summed E-state index contributed by atoms with van der Waals surface area (Å²) in [5.41, 5.74) is 5.94. The summed E-state index contributed by atoms with van der Waals surface area (Å²) in [5, 5.41) is 9.20. The van der Waals surface area contributed by atoms with Gasteiger partial charge in [-0.2, -0.15) is 0 Å². The molecule has 3 N–H and O–H groups in total. The molecule has 0 saturated carbocycles. The standard InChI is InChI=1S/C19H16F2N2O5/c20-12-5-10(6-13(21)7-12)9-28-14-3-1-11(2-4-14)15-8-16(18(25)26)23(17(15)24)19(22)27/h1-7,15-16H,8-9H2,(H2,22,27)(H,25,26)/t15-,16+/m0/s1. The van der Waals surface area contributed by atoms with E-state index in [-0.39, 0.29) is 13.0 Å². The van der Waals surface area contributed by atoms with E-state index >= 15 is 0 Å². The Hall–Kier alpha value is -3.49. The Morgan fingerprint density at radius 1 is 1.14 bits per heavy atom. The second-order valence-corrected chi connectivity index (χ2v) is 6.32. The predicted octanol–water partition coefficient (Wildman–Crippen LogP) is 2.39. The lowest BCUT2D eigenvalue weighted by Crippen LogP contribution is -2.46. The third kappa shape index (κ3) is 3.93. The van der Waals surface area contributed by atoms with Crippen LogP contribution in [-0.2, 0) is 16.2 Å². The summed E-state index contributed by atoms with van der Waals surface area (Å²) in [7, 11) is 0. The first-order valence-corrected chi connectivity index (χ1v) is 8.29. The Kier molecular flexibility index (Phi) is 5.25. The molecule has 0 radical (unpaired) electrons. The van der Waals surface area contributed by atoms with Crippen LogP contribution in [0.4, 0.5) is 13.6 Å². The van der Waals surface area contributed by atoms with Crippen LogP contribution in [0.25, 0.3) is 0 Å². The summed E-state index contributed by atoms with van der Waals surface area (Å²) in [6, 6.07) is 6.86. The average molecular weight is 390 g/mol. The molecule has 1 aliphatic rings. The van der Waals surface area contributed by atoms with Gasteiger partial charge < -0.3 is 15.6 Å². The van der Waals surface area contributed by atoms with Crippen LogP contribution in [0, 0.1) is 11.6 Å². The van der Waals surface area contributed by atoms with E-state index in [1.807, 2.05) is 0 Å². The van der Waals surface area contributed by atoms with Gasteiger partial charge in [-0.05, 0) is 41.8 Å². The Labute approximate surface area is 158 Å². The normalized spacial score (nSPS) is 18.9. The first-order valence-electron chi connectivity index (χ1n) is 8.29. The number of ether oxygens (including phenoxy) is 1. The van der Waals surface area contributed by atoms with Gasteiger partial charge in [-0.1, -0.05) is 12.1 Å². The lowest BCUT2D eigenvalue weighted by atomic mass is 9.96. The van der Waals surface area contributed by atoms with Gasteiger partial charge in [0.1, 0.15) is 30.0 Å². The summed E-state index contributed by atoms with van der Waals surface area (Å²) in [6.07, 6.45) is -0.0835. The number of hydrogen-bond donors (Lipinski definition) is 2. The number of benzene rings is 2. The van der Waals surface area contributed by atoms with Gasteiger partial charge in [0.25, 0.3) is 0 Å². The number of carbonyl (C=O) groups excluding carboxylic acids is 2. The summed E-state index contributed by atoms with van der Waals surface area (Å²) < 4.78 is 31.8. The van der Waals surface area contributed by atoms with Crippen molar-refractivity contribution in [1.29, 1.82) is 0 Å². The fourth-order valence-electron chi connectivity index (χ4n) is 3.16. The van der Waals surface area contributed by atoms with Crippen molar-refractivity contribution in [3.63, 3.8) is 0 Å². The van der Waals surface area contributed by atoms with Crippen LogP contribution < -0.4 is 10.5 Å². The number of aliphatic carboxylic acids is 1. The number of imide groups is 1. The first kappa shape index (κ1) is 19.3. The summed E-state index contributed by atoms with van der Waals surface area (Å²) in [4.78, 5) is 35.6. The van der Waals surface area contributed by atoms with E-state index in [4.69, 9.17) is 10.5 Å². The zero-order chi connectivity index (χ0) is 20.4. The van der Waals surface area contributed by atoms with Crippen LogP contribution in [0.3, 0.4) is 0 Å². The molecule has 0 bridgehead atoms. The summed E-state index contributed by atoms with van der Waals surface area (Å²) in [5.74, 6) is -3.83. The molecule has 2 aromatic rings. The van der Waals surface area contributed by atoms with Gasteiger partial charge in [0.2, 0.25) is 5.91 Å². The number of amides is 3. The van der Waals surface area contributed by atoms with E-state index in [0.29, 0.717) is 21.8 Å². The van der Waals surface area contributed by atoms with Crippen LogP contribution in [0.1, 0.15) is 23.5 Å². The Morgan fingerprint density at radius 2 is 1.75 bits per heavy atom. The molecule has 0 spiro atoms. The quantitative estimate of drug-likeness (QED) is 0.815. The van der Waals surface area contributed by atoms with Gasteiger partial charge in [-0.15, -0.1) is 0 Å². The van der Waals surface area contributed by atoms with E-state index < -0.39 is 41.5 Å². The number of likely N-dealkylation sites (tertiary alicyclic amines) is 1. The molecule has 28 heavy (non-hydrogen) atoms. The predicted molar refractivity (Wildman–Crippen MR) is 92.3 cm³/mol. The Bertz CT molecular complexity index is 912. The minimum Gasteiger partial charge on any atom is -0.489 e. The van der Waals surface area contributed by atoms with E-state index in [9.17, 15) is 28.3 Å². The summed E-state index contributed by atoms with van der Waals surface area (Å²) >= 11 is 0. The molecule has 1 heterocycles. The molecule has 1 aliphatic heterocycles. The highest BCUT2D eigenvalue weighted by Gasteiger charge is 2.46.